The highest BCUT2D eigenvalue weighted by Gasteiger charge is 2.32. The molecule has 92 valence electrons. The van der Waals surface area contributed by atoms with Crippen molar-refractivity contribution in [1.29, 1.82) is 0 Å². The number of likely N-dealkylation sites (tertiary alicyclic amines) is 1. The van der Waals surface area contributed by atoms with Crippen LogP contribution in [0.15, 0.2) is 30.3 Å². The monoisotopic (exact) mass is 241 g/mol. The van der Waals surface area contributed by atoms with Crippen molar-refractivity contribution in [3.63, 3.8) is 0 Å². The standard InChI is InChI=1S/C14H16BNO2/c15-10-13(17)12-7-4-8-16(12)14(18)9-11-5-2-1-3-6-11/h1-3,5-6,12H,4,7-10H2/t12-/m0/s1. The number of amides is 1. The molecule has 1 aliphatic rings. The first kappa shape index (κ1) is 12.9. The third kappa shape index (κ3) is 2.81. The van der Waals surface area contributed by atoms with Gasteiger partial charge in [-0.05, 0) is 24.7 Å². The van der Waals surface area contributed by atoms with Gasteiger partial charge in [0.2, 0.25) is 5.91 Å². The lowest BCUT2D eigenvalue weighted by atomic mass is 9.95. The van der Waals surface area contributed by atoms with Gasteiger partial charge in [0, 0.05) is 6.54 Å². The van der Waals surface area contributed by atoms with Crippen LogP contribution < -0.4 is 0 Å². The summed E-state index contributed by atoms with van der Waals surface area (Å²) in [5.41, 5.74) is 0.980. The maximum absolute atomic E-state index is 12.2. The van der Waals surface area contributed by atoms with Crippen LogP contribution in [-0.4, -0.2) is 37.0 Å². The quantitative estimate of drug-likeness (QED) is 0.746. The van der Waals surface area contributed by atoms with E-state index in [0.717, 1.165) is 18.4 Å². The molecule has 18 heavy (non-hydrogen) atoms. The van der Waals surface area contributed by atoms with Gasteiger partial charge in [0.15, 0.2) is 0 Å². The molecule has 0 saturated carbocycles. The fraction of sp³-hybridized carbons (Fsp3) is 0.429. The van der Waals surface area contributed by atoms with Crippen molar-refractivity contribution >= 4 is 19.5 Å². The second-order valence-electron chi connectivity index (χ2n) is 4.58. The van der Waals surface area contributed by atoms with Gasteiger partial charge in [0.25, 0.3) is 0 Å². The summed E-state index contributed by atoms with van der Waals surface area (Å²) < 4.78 is 0. The highest BCUT2D eigenvalue weighted by Crippen LogP contribution is 2.20. The summed E-state index contributed by atoms with van der Waals surface area (Å²) in [6, 6.07) is 9.29. The van der Waals surface area contributed by atoms with Gasteiger partial charge in [-0.15, -0.1) is 0 Å². The number of rotatable bonds is 4. The fourth-order valence-electron chi connectivity index (χ4n) is 2.41. The smallest absolute Gasteiger partial charge is 0.227 e. The van der Waals surface area contributed by atoms with Crippen molar-refractivity contribution < 1.29 is 9.59 Å². The summed E-state index contributed by atoms with van der Waals surface area (Å²) in [5, 5.41) is 0. The number of carbonyl (C=O) groups is 2. The van der Waals surface area contributed by atoms with Gasteiger partial charge in [0.1, 0.15) is 5.78 Å². The maximum atomic E-state index is 12.2. The van der Waals surface area contributed by atoms with Gasteiger partial charge in [-0.3, -0.25) is 9.59 Å². The van der Waals surface area contributed by atoms with Crippen molar-refractivity contribution in [1.82, 2.24) is 4.90 Å². The highest BCUT2D eigenvalue weighted by molar-refractivity contribution is 6.21. The van der Waals surface area contributed by atoms with E-state index in [2.05, 4.69) is 0 Å². The van der Waals surface area contributed by atoms with Crippen molar-refractivity contribution in [2.45, 2.75) is 31.6 Å². The first-order valence-electron chi connectivity index (χ1n) is 6.28. The molecular weight excluding hydrogens is 225 g/mol. The van der Waals surface area contributed by atoms with Gasteiger partial charge in [-0.1, -0.05) is 30.3 Å². The molecule has 0 N–H and O–H groups in total. The molecule has 2 rings (SSSR count). The molecule has 0 aliphatic carbocycles. The van der Waals surface area contributed by atoms with Crippen LogP contribution in [0, 0.1) is 0 Å². The summed E-state index contributed by atoms with van der Waals surface area (Å²) in [6.45, 7) is 0.669. The minimum Gasteiger partial charge on any atom is -0.332 e. The number of hydrogen-bond donors (Lipinski definition) is 0. The molecule has 3 nitrogen and oxygen atoms in total. The minimum absolute atomic E-state index is 0.0137. The predicted octanol–water partition coefficient (Wildman–Crippen LogP) is 1.38. The third-order valence-corrected chi connectivity index (χ3v) is 3.34. The molecule has 0 unspecified atom stereocenters. The molecule has 1 aliphatic heterocycles. The lowest BCUT2D eigenvalue weighted by Crippen LogP contribution is -2.41. The molecule has 1 aromatic carbocycles. The Morgan fingerprint density at radius 1 is 1.28 bits per heavy atom. The van der Waals surface area contributed by atoms with Crippen molar-refractivity contribution in [2.75, 3.05) is 6.54 Å². The zero-order valence-corrected chi connectivity index (χ0v) is 10.3. The summed E-state index contributed by atoms with van der Waals surface area (Å²) in [6.07, 6.45) is 2.00. The molecule has 4 heteroatoms. The number of ketones is 1. The predicted molar refractivity (Wildman–Crippen MR) is 70.4 cm³/mol. The van der Waals surface area contributed by atoms with Gasteiger partial charge in [-0.25, -0.2) is 0 Å². The van der Waals surface area contributed by atoms with Crippen LogP contribution in [0.25, 0.3) is 0 Å². The average Bonchev–Trinajstić information content (AvgIpc) is 2.88. The van der Waals surface area contributed by atoms with E-state index < -0.39 is 0 Å². The van der Waals surface area contributed by atoms with E-state index in [-0.39, 0.29) is 24.1 Å². The van der Waals surface area contributed by atoms with Gasteiger partial charge in [-0.2, -0.15) is 0 Å². The fourth-order valence-corrected chi connectivity index (χ4v) is 2.41. The van der Waals surface area contributed by atoms with Gasteiger partial charge < -0.3 is 4.90 Å². The van der Waals surface area contributed by atoms with Crippen molar-refractivity contribution in [3.05, 3.63) is 35.9 Å². The summed E-state index contributed by atoms with van der Waals surface area (Å²) in [7, 11) is 5.38. The Morgan fingerprint density at radius 2 is 2.00 bits per heavy atom. The number of Topliss-reactive ketones (excluding diaryl/α,β-unsaturated/α-hetero) is 1. The number of hydrogen-bond acceptors (Lipinski definition) is 2. The van der Waals surface area contributed by atoms with Crippen LogP contribution in [0.5, 0.6) is 0 Å². The van der Waals surface area contributed by atoms with E-state index in [1.54, 1.807) is 4.90 Å². The van der Waals surface area contributed by atoms with Crippen molar-refractivity contribution in [3.8, 4) is 0 Å². The number of nitrogens with zero attached hydrogens (tertiary/aromatic N) is 1. The lowest BCUT2D eigenvalue weighted by Gasteiger charge is -2.23. The first-order chi connectivity index (χ1) is 8.72. The lowest BCUT2D eigenvalue weighted by molar-refractivity contribution is -0.136. The third-order valence-electron chi connectivity index (χ3n) is 3.34. The van der Waals surface area contributed by atoms with E-state index >= 15 is 0 Å². The number of carbonyl (C=O) groups excluding carboxylic acids is 2. The Morgan fingerprint density at radius 3 is 2.67 bits per heavy atom. The van der Waals surface area contributed by atoms with Crippen LogP contribution in [0.4, 0.5) is 0 Å². The Labute approximate surface area is 109 Å². The van der Waals surface area contributed by atoms with E-state index in [1.165, 1.54) is 0 Å². The SMILES string of the molecule is [B]CC(=O)[C@@H]1CCCN1C(=O)Cc1ccccc1. The normalized spacial score (nSPS) is 18.9. The molecule has 0 bridgehead atoms. The molecule has 1 aromatic rings. The van der Waals surface area contributed by atoms with Crippen LogP contribution in [0.1, 0.15) is 18.4 Å². The summed E-state index contributed by atoms with van der Waals surface area (Å²) >= 11 is 0. The van der Waals surface area contributed by atoms with Gasteiger partial charge >= 0.3 is 0 Å². The second-order valence-corrected chi connectivity index (χ2v) is 4.58. The Hall–Kier alpha value is -1.58. The van der Waals surface area contributed by atoms with Crippen LogP contribution in [0.2, 0.25) is 6.32 Å². The highest BCUT2D eigenvalue weighted by atomic mass is 16.2. The molecule has 1 amide bonds. The minimum atomic E-state index is -0.300. The second kappa shape index (κ2) is 5.85. The first-order valence-corrected chi connectivity index (χ1v) is 6.28. The van der Waals surface area contributed by atoms with E-state index in [9.17, 15) is 9.59 Å². The Bertz CT molecular complexity index is 433. The Balaban J connectivity index is 2.02. The molecule has 1 atom stereocenters. The van der Waals surface area contributed by atoms with Crippen LogP contribution in [0.3, 0.4) is 0 Å². The van der Waals surface area contributed by atoms with Gasteiger partial charge in [0.05, 0.1) is 20.3 Å². The molecular formula is C14H16BNO2. The van der Waals surface area contributed by atoms with Crippen LogP contribution >= 0.6 is 0 Å². The maximum Gasteiger partial charge on any atom is 0.227 e. The molecule has 0 aromatic heterocycles. The van der Waals surface area contributed by atoms with E-state index in [0.29, 0.717) is 13.0 Å². The zero-order chi connectivity index (χ0) is 13.0. The molecule has 1 fully saturated rings. The molecule has 1 heterocycles. The molecule has 2 radical (unpaired) electrons. The summed E-state index contributed by atoms with van der Waals surface area (Å²) in [5.74, 6) is -0.0144. The topological polar surface area (TPSA) is 37.4 Å². The number of benzene rings is 1. The van der Waals surface area contributed by atoms with E-state index in [1.807, 2.05) is 30.3 Å². The largest absolute Gasteiger partial charge is 0.332 e. The molecule has 0 spiro atoms. The average molecular weight is 241 g/mol. The molecule has 1 saturated heterocycles. The van der Waals surface area contributed by atoms with Crippen molar-refractivity contribution in [2.24, 2.45) is 0 Å². The Kier molecular flexibility index (Phi) is 4.18. The van der Waals surface area contributed by atoms with Crippen LogP contribution in [-0.2, 0) is 16.0 Å². The summed E-state index contributed by atoms with van der Waals surface area (Å²) in [4.78, 5) is 25.5. The zero-order valence-electron chi connectivity index (χ0n) is 10.3. The van der Waals surface area contributed by atoms with E-state index in [4.69, 9.17) is 7.85 Å².